The maximum absolute atomic E-state index is 11.4. The summed E-state index contributed by atoms with van der Waals surface area (Å²) in [7, 11) is 0. The van der Waals surface area contributed by atoms with E-state index in [9.17, 15) is 9.59 Å². The minimum absolute atomic E-state index is 0.162. The topological polar surface area (TPSA) is 43.4 Å². The second-order valence-electron chi connectivity index (χ2n) is 8.83. The van der Waals surface area contributed by atoms with Gasteiger partial charge in [0, 0.05) is 0 Å². The van der Waals surface area contributed by atoms with Crippen molar-refractivity contribution in [1.82, 2.24) is 0 Å². The maximum atomic E-state index is 11.4. The number of unbranched alkanes of at least 4 members (excludes halogenated alkanes) is 16. The van der Waals surface area contributed by atoms with Crippen LogP contribution in [0.2, 0.25) is 0 Å². The summed E-state index contributed by atoms with van der Waals surface area (Å²) in [4.78, 5) is 22.4. The zero-order valence-corrected chi connectivity index (χ0v) is 19.1. The Labute approximate surface area is 180 Å². The Balaban J connectivity index is 1.73. The Kier molecular flexibility index (Phi) is 16.9. The van der Waals surface area contributed by atoms with E-state index in [4.69, 9.17) is 0 Å². The third-order valence-electron chi connectivity index (χ3n) is 6.03. The second kappa shape index (κ2) is 18.9. The third kappa shape index (κ3) is 15.4. The van der Waals surface area contributed by atoms with Crippen molar-refractivity contribution in [2.45, 2.75) is 135 Å². The zero-order chi connectivity index (χ0) is 21.0. The van der Waals surface area contributed by atoms with Gasteiger partial charge in [-0.3, -0.25) is 9.59 Å². The van der Waals surface area contributed by atoms with Crippen molar-refractivity contribution in [1.29, 1.82) is 0 Å². The first-order valence-corrected chi connectivity index (χ1v) is 12.6. The van der Waals surface area contributed by atoms with E-state index in [-0.39, 0.29) is 17.9 Å². The van der Waals surface area contributed by atoms with Crippen LogP contribution < -0.4 is 0 Å². The van der Waals surface area contributed by atoms with Crippen molar-refractivity contribution in [3.63, 3.8) is 0 Å². The molecule has 0 amide bonds. The fourth-order valence-electron chi connectivity index (χ4n) is 4.09. The van der Waals surface area contributed by atoms with Crippen LogP contribution >= 0.6 is 0 Å². The average Bonchev–Trinajstić information content (AvgIpc) is 3.03. The Morgan fingerprint density at radius 1 is 0.690 bits per heavy atom. The number of carbonyl (C=O) groups is 2. The molecule has 0 saturated carbocycles. The summed E-state index contributed by atoms with van der Waals surface area (Å²) in [5.41, 5.74) is 0. The normalized spacial score (nSPS) is 16.8. The van der Waals surface area contributed by atoms with Crippen LogP contribution in [-0.4, -0.2) is 11.9 Å². The van der Waals surface area contributed by atoms with Gasteiger partial charge >= 0.3 is 11.9 Å². The van der Waals surface area contributed by atoms with Gasteiger partial charge in [0.25, 0.3) is 0 Å². The van der Waals surface area contributed by atoms with Gasteiger partial charge in [0.2, 0.25) is 0 Å². The van der Waals surface area contributed by atoms with E-state index in [1.807, 2.05) is 0 Å². The Morgan fingerprint density at radius 3 is 1.59 bits per heavy atom. The molecule has 0 bridgehead atoms. The van der Waals surface area contributed by atoms with Crippen molar-refractivity contribution < 1.29 is 14.3 Å². The molecule has 1 fully saturated rings. The molecule has 168 valence electrons. The van der Waals surface area contributed by atoms with Crippen LogP contribution in [0.15, 0.2) is 12.2 Å². The molecule has 1 atom stereocenters. The minimum atomic E-state index is -0.345. The van der Waals surface area contributed by atoms with Gasteiger partial charge in [0.1, 0.15) is 0 Å². The van der Waals surface area contributed by atoms with Crippen molar-refractivity contribution in [2.75, 3.05) is 0 Å². The fraction of sp³-hybridized carbons (Fsp3) is 0.846. The van der Waals surface area contributed by atoms with Gasteiger partial charge in [-0.15, -0.1) is 0 Å². The van der Waals surface area contributed by atoms with Gasteiger partial charge in [-0.05, 0) is 32.1 Å². The van der Waals surface area contributed by atoms with Crippen LogP contribution in [0, 0.1) is 5.92 Å². The highest BCUT2D eigenvalue weighted by atomic mass is 16.6. The number of hydrogen-bond acceptors (Lipinski definition) is 3. The van der Waals surface area contributed by atoms with Gasteiger partial charge in [-0.25, -0.2) is 0 Å². The summed E-state index contributed by atoms with van der Waals surface area (Å²) < 4.78 is 4.58. The molecular weight excluding hydrogens is 360 g/mol. The lowest BCUT2D eigenvalue weighted by atomic mass is 9.99. The van der Waals surface area contributed by atoms with Crippen molar-refractivity contribution in [2.24, 2.45) is 5.92 Å². The van der Waals surface area contributed by atoms with Gasteiger partial charge in [-0.2, -0.15) is 0 Å². The molecule has 3 heteroatoms. The van der Waals surface area contributed by atoms with Crippen molar-refractivity contribution >= 4 is 11.9 Å². The summed E-state index contributed by atoms with van der Waals surface area (Å²) in [6, 6.07) is 0. The number of ether oxygens (including phenoxy) is 1. The molecule has 1 rings (SSSR count). The first-order chi connectivity index (χ1) is 14.2. The van der Waals surface area contributed by atoms with Crippen LogP contribution in [0.3, 0.4) is 0 Å². The molecular formula is C26H46O3. The maximum Gasteiger partial charge on any atom is 0.317 e. The molecule has 0 spiro atoms. The second-order valence-corrected chi connectivity index (χ2v) is 8.83. The van der Waals surface area contributed by atoms with Crippen molar-refractivity contribution in [3.05, 3.63) is 12.2 Å². The number of esters is 2. The van der Waals surface area contributed by atoms with Crippen LogP contribution in [0.1, 0.15) is 135 Å². The van der Waals surface area contributed by atoms with E-state index in [2.05, 4.69) is 23.8 Å². The summed E-state index contributed by atoms with van der Waals surface area (Å²) in [6.45, 7) is 2.28. The molecule has 1 aliphatic heterocycles. The summed E-state index contributed by atoms with van der Waals surface area (Å²) in [5.74, 6) is -0.812. The lowest BCUT2D eigenvalue weighted by molar-refractivity contribution is -0.153. The summed E-state index contributed by atoms with van der Waals surface area (Å²) >= 11 is 0. The first-order valence-electron chi connectivity index (χ1n) is 12.6. The average molecular weight is 407 g/mol. The quantitative estimate of drug-likeness (QED) is 0.0888. The molecule has 3 nitrogen and oxygen atoms in total. The van der Waals surface area contributed by atoms with E-state index in [1.54, 1.807) is 0 Å². The van der Waals surface area contributed by atoms with E-state index < -0.39 is 0 Å². The van der Waals surface area contributed by atoms with Crippen LogP contribution in [0.4, 0.5) is 0 Å². The number of hydrogen-bond donors (Lipinski definition) is 0. The van der Waals surface area contributed by atoms with Gasteiger partial charge < -0.3 is 4.74 Å². The van der Waals surface area contributed by atoms with E-state index in [0.29, 0.717) is 6.42 Å². The molecule has 0 aromatic carbocycles. The molecule has 29 heavy (non-hydrogen) atoms. The zero-order valence-electron chi connectivity index (χ0n) is 19.1. The number of cyclic esters (lactones) is 2. The van der Waals surface area contributed by atoms with E-state index >= 15 is 0 Å². The molecule has 1 heterocycles. The van der Waals surface area contributed by atoms with Gasteiger partial charge in [0.15, 0.2) is 0 Å². The summed E-state index contributed by atoms with van der Waals surface area (Å²) in [6.07, 6.45) is 29.7. The molecule has 0 aromatic heterocycles. The molecule has 0 radical (unpaired) electrons. The van der Waals surface area contributed by atoms with Gasteiger partial charge in [0.05, 0.1) is 12.3 Å². The molecule has 1 saturated heterocycles. The smallest absolute Gasteiger partial charge is 0.317 e. The predicted octanol–water partition coefficient (Wildman–Crippen LogP) is 8.06. The standard InChI is InChI=1S/C26H46O3/c1-2-3-4-5-6-7-8-9-10-11-12-13-14-15-16-17-18-19-20-21-22-24-23-25(27)29-26(24)28/h12-13,24H,2-11,14-23H2,1H3/b13-12+/t24-/m0/s1. The Bertz CT molecular complexity index is 441. The fourth-order valence-corrected chi connectivity index (χ4v) is 4.09. The van der Waals surface area contributed by atoms with Gasteiger partial charge in [-0.1, -0.05) is 109 Å². The van der Waals surface area contributed by atoms with Crippen LogP contribution in [0.25, 0.3) is 0 Å². The number of rotatable bonds is 20. The SMILES string of the molecule is CCCCCCCCCCC/C=C/CCCCCCCCC[C@H]1CC(=O)OC1=O. The highest BCUT2D eigenvalue weighted by molar-refractivity contribution is 5.94. The molecule has 0 aliphatic carbocycles. The van der Waals surface area contributed by atoms with E-state index in [1.165, 1.54) is 103 Å². The number of allylic oxidation sites excluding steroid dienone is 2. The van der Waals surface area contributed by atoms with E-state index in [0.717, 1.165) is 19.3 Å². The largest absolute Gasteiger partial charge is 0.393 e. The summed E-state index contributed by atoms with van der Waals surface area (Å²) in [5, 5.41) is 0. The third-order valence-corrected chi connectivity index (χ3v) is 6.03. The first kappa shape index (κ1) is 25.9. The highest BCUT2D eigenvalue weighted by Gasteiger charge is 2.32. The van der Waals surface area contributed by atoms with Crippen molar-refractivity contribution in [3.8, 4) is 0 Å². The van der Waals surface area contributed by atoms with Crippen LogP contribution in [0.5, 0.6) is 0 Å². The number of carbonyl (C=O) groups excluding carboxylic acids is 2. The monoisotopic (exact) mass is 406 g/mol. The minimum Gasteiger partial charge on any atom is -0.393 e. The molecule has 0 N–H and O–H groups in total. The molecule has 0 aromatic rings. The Hall–Kier alpha value is -1.12. The molecule has 1 aliphatic rings. The highest BCUT2D eigenvalue weighted by Crippen LogP contribution is 2.22. The lowest BCUT2D eigenvalue weighted by Gasteiger charge is -2.04. The lowest BCUT2D eigenvalue weighted by Crippen LogP contribution is -2.06. The van der Waals surface area contributed by atoms with Crippen LogP contribution in [-0.2, 0) is 14.3 Å². The molecule has 0 unspecified atom stereocenters. The predicted molar refractivity (Wildman–Crippen MR) is 122 cm³/mol. The Morgan fingerprint density at radius 2 is 1.14 bits per heavy atom.